The standard InChI is InChI=1S/C18H20N6O/c1-10(25)11-3-5-12(6-4-11)20-17-14-9-24(2)8-7-13(14)15-16(19)22-23-18(15)21-17/h3-6H,7-9H2,1-2H3,(H4,19,20,21,22,23). The first kappa shape index (κ1) is 15.6. The second-order valence-electron chi connectivity index (χ2n) is 6.50. The summed E-state index contributed by atoms with van der Waals surface area (Å²) in [7, 11) is 2.09. The molecule has 1 aromatic carbocycles. The summed E-state index contributed by atoms with van der Waals surface area (Å²) in [6.07, 6.45) is 0.909. The van der Waals surface area contributed by atoms with Crippen molar-refractivity contribution in [3.63, 3.8) is 0 Å². The van der Waals surface area contributed by atoms with Gasteiger partial charge in [0.2, 0.25) is 0 Å². The Bertz CT molecular complexity index is 960. The SMILES string of the molecule is CC(=O)c1ccc(Nc2nc3n[nH]c(N)c3c3c2CN(C)CC3)cc1. The molecule has 7 heteroatoms. The van der Waals surface area contributed by atoms with E-state index in [9.17, 15) is 4.79 Å². The number of likely N-dealkylation sites (N-methyl/N-ethyl adjacent to an activating group) is 1. The van der Waals surface area contributed by atoms with Gasteiger partial charge in [0.25, 0.3) is 0 Å². The number of H-pyrrole nitrogens is 1. The van der Waals surface area contributed by atoms with E-state index in [-0.39, 0.29) is 5.78 Å². The smallest absolute Gasteiger partial charge is 0.185 e. The van der Waals surface area contributed by atoms with Crippen LogP contribution in [0.3, 0.4) is 0 Å². The maximum absolute atomic E-state index is 11.4. The van der Waals surface area contributed by atoms with Crippen LogP contribution in [0, 0.1) is 0 Å². The molecule has 0 spiro atoms. The third kappa shape index (κ3) is 2.72. The molecular formula is C18H20N6O. The highest BCUT2D eigenvalue weighted by Gasteiger charge is 2.23. The summed E-state index contributed by atoms with van der Waals surface area (Å²) in [5.74, 6) is 1.41. The average Bonchev–Trinajstić information content (AvgIpc) is 2.96. The van der Waals surface area contributed by atoms with E-state index in [4.69, 9.17) is 5.73 Å². The lowest BCUT2D eigenvalue weighted by molar-refractivity contribution is 0.101. The van der Waals surface area contributed by atoms with E-state index >= 15 is 0 Å². The lowest BCUT2D eigenvalue weighted by atomic mass is 9.97. The molecule has 0 saturated heterocycles. The molecule has 25 heavy (non-hydrogen) atoms. The van der Waals surface area contributed by atoms with E-state index in [0.29, 0.717) is 17.0 Å². The van der Waals surface area contributed by atoms with Crippen LogP contribution in [0.15, 0.2) is 24.3 Å². The molecule has 0 fully saturated rings. The Balaban J connectivity index is 1.78. The van der Waals surface area contributed by atoms with Crippen LogP contribution in [0.2, 0.25) is 0 Å². The van der Waals surface area contributed by atoms with Crippen LogP contribution in [0.4, 0.5) is 17.3 Å². The Morgan fingerprint density at radius 2 is 2.04 bits per heavy atom. The molecule has 0 aliphatic carbocycles. The Labute approximate surface area is 145 Å². The van der Waals surface area contributed by atoms with E-state index in [0.717, 1.165) is 42.0 Å². The molecule has 0 amide bonds. The quantitative estimate of drug-likeness (QED) is 0.635. The number of carbonyl (C=O) groups is 1. The van der Waals surface area contributed by atoms with Crippen LogP contribution in [0.5, 0.6) is 0 Å². The van der Waals surface area contributed by atoms with E-state index < -0.39 is 0 Å². The largest absolute Gasteiger partial charge is 0.384 e. The fourth-order valence-corrected chi connectivity index (χ4v) is 3.32. The first-order chi connectivity index (χ1) is 12.0. The summed E-state index contributed by atoms with van der Waals surface area (Å²) in [6.45, 7) is 3.34. The summed E-state index contributed by atoms with van der Waals surface area (Å²) in [4.78, 5) is 18.4. The Morgan fingerprint density at radius 1 is 1.28 bits per heavy atom. The van der Waals surface area contributed by atoms with Crippen molar-refractivity contribution in [1.29, 1.82) is 0 Å². The van der Waals surface area contributed by atoms with Gasteiger partial charge in [-0.05, 0) is 50.2 Å². The van der Waals surface area contributed by atoms with Crippen molar-refractivity contribution in [3.8, 4) is 0 Å². The van der Waals surface area contributed by atoms with E-state index in [1.165, 1.54) is 5.56 Å². The van der Waals surface area contributed by atoms with Gasteiger partial charge in [0, 0.05) is 29.9 Å². The zero-order chi connectivity index (χ0) is 17.6. The molecule has 0 atom stereocenters. The van der Waals surface area contributed by atoms with Gasteiger partial charge in [-0.15, -0.1) is 0 Å². The minimum absolute atomic E-state index is 0.0529. The number of nitrogen functional groups attached to an aromatic ring is 1. The predicted molar refractivity (Wildman–Crippen MR) is 98.1 cm³/mol. The number of nitrogens with two attached hydrogens (primary N) is 1. The molecule has 2 aromatic heterocycles. The summed E-state index contributed by atoms with van der Waals surface area (Å²) in [6, 6.07) is 7.41. The second kappa shape index (κ2) is 5.86. The van der Waals surface area contributed by atoms with Crippen LogP contribution >= 0.6 is 0 Å². The van der Waals surface area contributed by atoms with Crippen LogP contribution in [0.25, 0.3) is 11.0 Å². The zero-order valence-electron chi connectivity index (χ0n) is 14.3. The number of hydrogen-bond donors (Lipinski definition) is 3. The number of hydrogen-bond acceptors (Lipinski definition) is 6. The van der Waals surface area contributed by atoms with E-state index in [1.807, 2.05) is 24.3 Å². The van der Waals surface area contributed by atoms with Crippen LogP contribution in [-0.4, -0.2) is 39.5 Å². The molecule has 7 nitrogen and oxygen atoms in total. The third-order valence-electron chi connectivity index (χ3n) is 4.67. The van der Waals surface area contributed by atoms with Crippen LogP contribution in [-0.2, 0) is 13.0 Å². The van der Waals surface area contributed by atoms with Gasteiger partial charge in [-0.3, -0.25) is 9.89 Å². The number of aromatic nitrogens is 3. The van der Waals surface area contributed by atoms with Crippen LogP contribution < -0.4 is 11.1 Å². The van der Waals surface area contributed by atoms with Crippen molar-refractivity contribution in [3.05, 3.63) is 41.0 Å². The van der Waals surface area contributed by atoms with E-state index in [2.05, 4.69) is 32.4 Å². The minimum atomic E-state index is 0.0529. The van der Waals surface area contributed by atoms with Gasteiger partial charge in [-0.25, -0.2) is 4.98 Å². The molecule has 3 aromatic rings. The number of fused-ring (bicyclic) bond motifs is 3. The first-order valence-electron chi connectivity index (χ1n) is 8.25. The maximum atomic E-state index is 11.4. The fraction of sp³-hybridized carbons (Fsp3) is 0.278. The number of anilines is 3. The van der Waals surface area contributed by atoms with Crippen molar-refractivity contribution in [1.82, 2.24) is 20.1 Å². The predicted octanol–water partition coefficient (Wildman–Crippen LogP) is 2.47. The molecule has 128 valence electrons. The molecule has 1 aliphatic heterocycles. The zero-order valence-corrected chi connectivity index (χ0v) is 14.3. The fourth-order valence-electron chi connectivity index (χ4n) is 3.32. The Hall–Kier alpha value is -2.93. The van der Waals surface area contributed by atoms with Crippen molar-refractivity contribution < 1.29 is 4.79 Å². The van der Waals surface area contributed by atoms with Gasteiger partial charge in [0.05, 0.1) is 5.39 Å². The van der Waals surface area contributed by atoms with Crippen LogP contribution in [0.1, 0.15) is 28.4 Å². The highest BCUT2D eigenvalue weighted by atomic mass is 16.1. The van der Waals surface area contributed by atoms with Crippen molar-refractivity contribution in [2.45, 2.75) is 19.9 Å². The van der Waals surface area contributed by atoms with Crippen molar-refractivity contribution in [2.24, 2.45) is 0 Å². The normalized spacial score (nSPS) is 14.5. The topological polar surface area (TPSA) is 99.9 Å². The summed E-state index contributed by atoms with van der Waals surface area (Å²) >= 11 is 0. The van der Waals surface area contributed by atoms with Gasteiger partial charge < -0.3 is 16.0 Å². The Morgan fingerprint density at radius 3 is 2.76 bits per heavy atom. The molecule has 0 unspecified atom stereocenters. The molecule has 3 heterocycles. The number of nitrogens with zero attached hydrogens (tertiary/aromatic N) is 3. The number of aromatic amines is 1. The lowest BCUT2D eigenvalue weighted by Crippen LogP contribution is -2.27. The number of benzene rings is 1. The molecular weight excluding hydrogens is 316 g/mol. The number of ketones is 1. The number of nitrogens with one attached hydrogen (secondary N) is 2. The minimum Gasteiger partial charge on any atom is -0.384 e. The monoisotopic (exact) mass is 336 g/mol. The van der Waals surface area contributed by atoms with Gasteiger partial charge in [0.15, 0.2) is 11.4 Å². The molecule has 0 radical (unpaired) electrons. The highest BCUT2D eigenvalue weighted by molar-refractivity contribution is 5.95. The van der Waals surface area contributed by atoms with Crippen molar-refractivity contribution in [2.75, 3.05) is 24.6 Å². The van der Waals surface area contributed by atoms with Gasteiger partial charge >= 0.3 is 0 Å². The summed E-state index contributed by atoms with van der Waals surface area (Å²) in [5.41, 5.74) is 10.6. The van der Waals surface area contributed by atoms with E-state index in [1.54, 1.807) is 6.92 Å². The molecule has 0 saturated carbocycles. The van der Waals surface area contributed by atoms with Crippen molar-refractivity contribution >= 4 is 34.1 Å². The molecule has 1 aliphatic rings. The average molecular weight is 336 g/mol. The summed E-state index contributed by atoms with van der Waals surface area (Å²) < 4.78 is 0. The number of pyridine rings is 1. The third-order valence-corrected chi connectivity index (χ3v) is 4.67. The second-order valence-corrected chi connectivity index (χ2v) is 6.50. The molecule has 4 rings (SSSR count). The molecule has 4 N–H and O–H groups in total. The number of Topliss-reactive ketones (excluding diaryl/α,β-unsaturated/α-hetero) is 1. The maximum Gasteiger partial charge on any atom is 0.185 e. The number of carbonyl (C=O) groups excluding carboxylic acids is 1. The molecule has 0 bridgehead atoms. The first-order valence-corrected chi connectivity index (χ1v) is 8.25. The highest BCUT2D eigenvalue weighted by Crippen LogP contribution is 2.34. The van der Waals surface area contributed by atoms with Gasteiger partial charge in [-0.1, -0.05) is 0 Å². The Kier molecular flexibility index (Phi) is 3.65. The van der Waals surface area contributed by atoms with Gasteiger partial charge in [-0.2, -0.15) is 5.10 Å². The van der Waals surface area contributed by atoms with Gasteiger partial charge in [0.1, 0.15) is 11.6 Å². The number of rotatable bonds is 3. The summed E-state index contributed by atoms with van der Waals surface area (Å²) in [5, 5.41) is 11.4. The lowest BCUT2D eigenvalue weighted by Gasteiger charge is -2.27.